The third kappa shape index (κ3) is 5.00. The molecule has 0 spiro atoms. The van der Waals surface area contributed by atoms with Gasteiger partial charge in [0.05, 0.1) is 21.7 Å². The lowest BCUT2D eigenvalue weighted by Gasteiger charge is -2.22. The van der Waals surface area contributed by atoms with E-state index in [1.165, 1.54) is 49.6 Å². The largest absolute Gasteiger partial charge is 0.396 e. The molecule has 186 valence electrons. The summed E-state index contributed by atoms with van der Waals surface area (Å²) in [4.78, 5) is 19.7. The molecule has 0 amide bonds. The lowest BCUT2D eigenvalue weighted by Crippen LogP contribution is -2.21. The summed E-state index contributed by atoms with van der Waals surface area (Å²) in [5.74, 6) is 3.22. The molecule has 7 nitrogen and oxygen atoms in total. The van der Waals surface area contributed by atoms with Crippen molar-refractivity contribution in [3.63, 3.8) is 0 Å². The van der Waals surface area contributed by atoms with Crippen molar-refractivity contribution in [2.24, 2.45) is 11.8 Å². The molecule has 2 unspecified atom stereocenters. The van der Waals surface area contributed by atoms with Crippen molar-refractivity contribution in [3.8, 4) is 10.6 Å². The molecular formula is C27H36N6OS. The number of aryl methyl sites for hydroxylation is 1. The van der Waals surface area contributed by atoms with Crippen LogP contribution in [0.15, 0.2) is 12.3 Å². The number of aromatic nitrogens is 4. The normalized spacial score (nSPS) is 23.1. The van der Waals surface area contributed by atoms with Crippen LogP contribution in [0.5, 0.6) is 0 Å². The standard InChI is InChI=1S/C27H36N6OS/c1-16-22(26-32-24-21(35-26)11-12-28-23(24)19-8-9-19)25(31-20-10-7-18(13-20)15-34)33-27(30-16)29-14-17-5-3-2-4-6-17/h11-12,17-20,34H,2-10,13-15H2,1H3,(H2,29,30,31,33). The van der Waals surface area contributed by atoms with Gasteiger partial charge in [0.2, 0.25) is 5.95 Å². The number of thiazole rings is 1. The van der Waals surface area contributed by atoms with E-state index in [-0.39, 0.29) is 6.61 Å². The smallest absolute Gasteiger partial charge is 0.224 e. The molecule has 3 aliphatic carbocycles. The fourth-order valence-electron chi connectivity index (χ4n) is 5.84. The van der Waals surface area contributed by atoms with Crippen molar-refractivity contribution < 1.29 is 5.11 Å². The van der Waals surface area contributed by atoms with Gasteiger partial charge in [0.1, 0.15) is 16.3 Å². The first-order valence-electron chi connectivity index (χ1n) is 13.4. The molecule has 0 aromatic carbocycles. The van der Waals surface area contributed by atoms with Gasteiger partial charge in [-0.25, -0.2) is 9.97 Å². The van der Waals surface area contributed by atoms with Crippen LogP contribution >= 0.6 is 11.3 Å². The number of fused-ring (bicyclic) bond motifs is 1. The molecule has 0 saturated heterocycles. The van der Waals surface area contributed by atoms with Crippen LogP contribution < -0.4 is 10.6 Å². The van der Waals surface area contributed by atoms with Crippen LogP contribution in [0.3, 0.4) is 0 Å². The number of nitrogens with zero attached hydrogens (tertiary/aromatic N) is 4. The Hall–Kier alpha value is -2.32. The minimum absolute atomic E-state index is 0.261. The molecule has 3 fully saturated rings. The maximum atomic E-state index is 9.64. The van der Waals surface area contributed by atoms with E-state index >= 15 is 0 Å². The van der Waals surface area contributed by atoms with Crippen LogP contribution in [-0.2, 0) is 0 Å². The van der Waals surface area contributed by atoms with E-state index in [1.54, 1.807) is 11.3 Å². The zero-order valence-electron chi connectivity index (χ0n) is 20.6. The molecule has 8 heteroatoms. The van der Waals surface area contributed by atoms with Crippen molar-refractivity contribution in [2.75, 3.05) is 23.8 Å². The van der Waals surface area contributed by atoms with E-state index in [0.717, 1.165) is 59.1 Å². The van der Waals surface area contributed by atoms with Crippen molar-refractivity contribution >= 4 is 33.3 Å². The van der Waals surface area contributed by atoms with Gasteiger partial charge in [0, 0.05) is 31.3 Å². The number of pyridine rings is 1. The Morgan fingerprint density at radius 3 is 2.63 bits per heavy atom. The molecule has 6 rings (SSSR count). The summed E-state index contributed by atoms with van der Waals surface area (Å²) in [5.41, 5.74) is 4.14. The van der Waals surface area contributed by atoms with Crippen LogP contribution in [0.4, 0.5) is 11.8 Å². The zero-order valence-corrected chi connectivity index (χ0v) is 21.4. The number of anilines is 2. The number of aliphatic hydroxyl groups excluding tert-OH is 1. The van der Waals surface area contributed by atoms with Gasteiger partial charge in [-0.3, -0.25) is 4.98 Å². The zero-order chi connectivity index (χ0) is 23.8. The highest BCUT2D eigenvalue weighted by Gasteiger charge is 2.30. The number of rotatable bonds is 8. The lowest BCUT2D eigenvalue weighted by molar-refractivity contribution is 0.229. The van der Waals surface area contributed by atoms with Gasteiger partial charge < -0.3 is 15.7 Å². The molecule has 0 aliphatic heterocycles. The van der Waals surface area contributed by atoms with E-state index in [1.807, 2.05) is 6.20 Å². The second-order valence-electron chi connectivity index (χ2n) is 10.8. The Morgan fingerprint density at radius 1 is 1.00 bits per heavy atom. The third-order valence-electron chi connectivity index (χ3n) is 8.02. The fraction of sp³-hybridized carbons (Fsp3) is 0.630. The summed E-state index contributed by atoms with van der Waals surface area (Å²) in [6, 6.07) is 2.39. The number of hydrogen-bond donors (Lipinski definition) is 3. The highest BCUT2D eigenvalue weighted by molar-refractivity contribution is 7.21. The molecule has 35 heavy (non-hydrogen) atoms. The number of nitrogens with one attached hydrogen (secondary N) is 2. The molecule has 0 radical (unpaired) electrons. The van der Waals surface area contributed by atoms with Gasteiger partial charge in [0.25, 0.3) is 0 Å². The molecule has 3 aromatic heterocycles. The van der Waals surface area contributed by atoms with Gasteiger partial charge in [-0.15, -0.1) is 11.3 Å². The van der Waals surface area contributed by atoms with Gasteiger partial charge in [0.15, 0.2) is 0 Å². The highest BCUT2D eigenvalue weighted by atomic mass is 32.1. The summed E-state index contributed by atoms with van der Waals surface area (Å²) in [6.07, 6.45) is 14.0. The second-order valence-corrected chi connectivity index (χ2v) is 11.8. The first-order valence-corrected chi connectivity index (χ1v) is 14.2. The van der Waals surface area contributed by atoms with Crippen LogP contribution in [0.25, 0.3) is 20.8 Å². The molecule has 3 aliphatic rings. The maximum absolute atomic E-state index is 9.64. The molecule has 0 bridgehead atoms. The Labute approximate surface area is 211 Å². The quantitative estimate of drug-likeness (QED) is 0.360. The van der Waals surface area contributed by atoms with Crippen molar-refractivity contribution in [3.05, 3.63) is 23.7 Å². The average Bonchev–Trinajstić information content (AvgIpc) is 3.47. The molecular weight excluding hydrogens is 456 g/mol. The van der Waals surface area contributed by atoms with Gasteiger partial charge in [-0.1, -0.05) is 19.3 Å². The molecule has 3 aromatic rings. The van der Waals surface area contributed by atoms with E-state index in [4.69, 9.17) is 15.0 Å². The number of hydrogen-bond acceptors (Lipinski definition) is 8. The molecule has 2 atom stereocenters. The summed E-state index contributed by atoms with van der Waals surface area (Å²) >= 11 is 1.71. The second kappa shape index (κ2) is 9.97. The third-order valence-corrected chi connectivity index (χ3v) is 9.06. The predicted octanol–water partition coefficient (Wildman–Crippen LogP) is 5.90. The summed E-state index contributed by atoms with van der Waals surface area (Å²) in [6.45, 7) is 3.27. The van der Waals surface area contributed by atoms with Gasteiger partial charge >= 0.3 is 0 Å². The van der Waals surface area contributed by atoms with Crippen molar-refractivity contribution in [1.29, 1.82) is 0 Å². The van der Waals surface area contributed by atoms with E-state index < -0.39 is 0 Å². The molecule has 3 N–H and O–H groups in total. The van der Waals surface area contributed by atoms with E-state index in [9.17, 15) is 5.11 Å². The van der Waals surface area contributed by atoms with Crippen LogP contribution in [-0.4, -0.2) is 44.2 Å². The van der Waals surface area contributed by atoms with Crippen molar-refractivity contribution in [2.45, 2.75) is 83.1 Å². The van der Waals surface area contributed by atoms with Crippen LogP contribution in [0.1, 0.15) is 81.5 Å². The van der Waals surface area contributed by atoms with Gasteiger partial charge in [-0.05, 0) is 69.8 Å². The Bertz CT molecular complexity index is 1190. The topological polar surface area (TPSA) is 95.9 Å². The summed E-state index contributed by atoms with van der Waals surface area (Å²) in [7, 11) is 0. The molecule has 3 saturated carbocycles. The van der Waals surface area contributed by atoms with Crippen LogP contribution in [0, 0.1) is 18.8 Å². The maximum Gasteiger partial charge on any atom is 0.224 e. The van der Waals surface area contributed by atoms with E-state index in [2.05, 4.69) is 28.6 Å². The van der Waals surface area contributed by atoms with Gasteiger partial charge in [-0.2, -0.15) is 4.98 Å². The van der Waals surface area contributed by atoms with Crippen LogP contribution in [0.2, 0.25) is 0 Å². The SMILES string of the molecule is Cc1nc(NCC2CCCCC2)nc(NC2CCC(CO)C2)c1-c1nc2c(C3CC3)nccc2s1. The average molecular weight is 493 g/mol. The Balaban J connectivity index is 1.33. The minimum Gasteiger partial charge on any atom is -0.396 e. The number of aliphatic hydroxyl groups is 1. The van der Waals surface area contributed by atoms with E-state index in [0.29, 0.717) is 29.7 Å². The summed E-state index contributed by atoms with van der Waals surface area (Å²) < 4.78 is 1.18. The monoisotopic (exact) mass is 492 g/mol. The summed E-state index contributed by atoms with van der Waals surface area (Å²) in [5, 5.41) is 17.9. The fourth-order valence-corrected chi connectivity index (χ4v) is 6.91. The minimum atomic E-state index is 0.261. The molecule has 3 heterocycles. The Morgan fingerprint density at radius 2 is 1.86 bits per heavy atom. The predicted molar refractivity (Wildman–Crippen MR) is 142 cm³/mol. The highest BCUT2D eigenvalue weighted by Crippen LogP contribution is 2.44. The first-order chi connectivity index (χ1) is 17.2. The lowest BCUT2D eigenvalue weighted by atomic mass is 9.89. The Kier molecular flexibility index (Phi) is 6.58. The van der Waals surface area contributed by atoms with Crippen molar-refractivity contribution in [1.82, 2.24) is 19.9 Å². The first kappa shape index (κ1) is 23.1.